The van der Waals surface area contributed by atoms with Gasteiger partial charge in [-0.05, 0) is 39.0 Å². The van der Waals surface area contributed by atoms with Crippen molar-refractivity contribution in [2.24, 2.45) is 0 Å². The summed E-state index contributed by atoms with van der Waals surface area (Å²) >= 11 is 0. The fourth-order valence-corrected chi connectivity index (χ4v) is 3.62. The summed E-state index contributed by atoms with van der Waals surface area (Å²) in [5.74, 6) is -1.99. The highest BCUT2D eigenvalue weighted by Crippen LogP contribution is 2.23. The molecule has 1 aliphatic heterocycles. The van der Waals surface area contributed by atoms with Crippen molar-refractivity contribution in [3.63, 3.8) is 0 Å². The standard InChI is InChI=1S/C16H21F2N3O2S/c1-9(2)20-24(23)11-7-14(21(4)8-11)16(22)19-13-6-5-12(17)10(3)15(13)18/h5-7,9,11,20H,8H2,1-4H3,(H,19,22). The second-order valence-corrected chi connectivity index (χ2v) is 7.46. The Labute approximate surface area is 142 Å². The Kier molecular flexibility index (Phi) is 5.71. The third kappa shape index (κ3) is 3.99. The highest BCUT2D eigenvalue weighted by atomic mass is 32.2. The van der Waals surface area contributed by atoms with Crippen LogP contribution in [0.5, 0.6) is 0 Å². The lowest BCUT2D eigenvalue weighted by molar-refractivity contribution is -0.114. The molecule has 0 aliphatic carbocycles. The van der Waals surface area contributed by atoms with Crippen LogP contribution in [0.25, 0.3) is 0 Å². The number of likely N-dealkylation sites (N-methyl/N-ethyl adjacent to an activating group) is 1. The lowest BCUT2D eigenvalue weighted by atomic mass is 10.2. The van der Waals surface area contributed by atoms with Crippen molar-refractivity contribution >= 4 is 22.6 Å². The predicted octanol–water partition coefficient (Wildman–Crippen LogP) is 2.07. The number of hydrogen-bond acceptors (Lipinski definition) is 3. The molecule has 0 radical (unpaired) electrons. The number of hydrogen-bond donors (Lipinski definition) is 2. The molecule has 5 nitrogen and oxygen atoms in total. The number of rotatable bonds is 5. The number of amides is 1. The summed E-state index contributed by atoms with van der Waals surface area (Å²) in [6.45, 7) is 5.49. The Morgan fingerprint density at radius 1 is 1.38 bits per heavy atom. The summed E-state index contributed by atoms with van der Waals surface area (Å²) < 4.78 is 42.4. The van der Waals surface area contributed by atoms with Crippen LogP contribution in [0.2, 0.25) is 0 Å². The molecule has 0 bridgehead atoms. The van der Waals surface area contributed by atoms with Crippen molar-refractivity contribution in [3.05, 3.63) is 41.1 Å². The number of halogens is 2. The van der Waals surface area contributed by atoms with Crippen LogP contribution < -0.4 is 10.0 Å². The van der Waals surface area contributed by atoms with Crippen LogP contribution >= 0.6 is 0 Å². The van der Waals surface area contributed by atoms with E-state index in [1.807, 2.05) is 13.8 Å². The lowest BCUT2D eigenvalue weighted by Crippen LogP contribution is -2.34. The van der Waals surface area contributed by atoms with Gasteiger partial charge in [0.25, 0.3) is 5.91 Å². The van der Waals surface area contributed by atoms with Gasteiger partial charge >= 0.3 is 0 Å². The summed E-state index contributed by atoms with van der Waals surface area (Å²) in [5.41, 5.74) is 0.0695. The molecule has 0 saturated heterocycles. The molecule has 1 amide bonds. The summed E-state index contributed by atoms with van der Waals surface area (Å²) in [7, 11) is 0.386. The second kappa shape index (κ2) is 7.40. The molecule has 1 aliphatic rings. The van der Waals surface area contributed by atoms with Crippen molar-refractivity contribution in [2.75, 3.05) is 18.9 Å². The maximum absolute atomic E-state index is 14.0. The van der Waals surface area contributed by atoms with Gasteiger partial charge in [0.15, 0.2) is 5.82 Å². The first-order valence-electron chi connectivity index (χ1n) is 7.56. The number of carbonyl (C=O) groups excluding carboxylic acids is 1. The zero-order valence-corrected chi connectivity index (χ0v) is 14.8. The van der Waals surface area contributed by atoms with Gasteiger partial charge in [-0.3, -0.25) is 4.79 Å². The van der Waals surface area contributed by atoms with E-state index >= 15 is 0 Å². The monoisotopic (exact) mass is 357 g/mol. The van der Waals surface area contributed by atoms with Crippen LogP contribution in [-0.4, -0.2) is 39.9 Å². The highest BCUT2D eigenvalue weighted by molar-refractivity contribution is 7.83. The van der Waals surface area contributed by atoms with E-state index in [0.717, 1.165) is 6.07 Å². The number of benzene rings is 1. The predicted molar refractivity (Wildman–Crippen MR) is 90.6 cm³/mol. The summed E-state index contributed by atoms with van der Waals surface area (Å²) in [6.07, 6.45) is 1.61. The van der Waals surface area contributed by atoms with Gasteiger partial charge in [-0.15, -0.1) is 0 Å². The lowest BCUT2D eigenvalue weighted by Gasteiger charge is -2.17. The number of nitrogens with one attached hydrogen (secondary N) is 2. The molecule has 132 valence electrons. The van der Waals surface area contributed by atoms with Crippen LogP contribution in [0, 0.1) is 18.6 Å². The largest absolute Gasteiger partial charge is 0.369 e. The molecule has 1 aromatic carbocycles. The van der Waals surface area contributed by atoms with Gasteiger partial charge in [-0.25, -0.2) is 17.7 Å². The van der Waals surface area contributed by atoms with Crippen molar-refractivity contribution in [1.82, 2.24) is 9.62 Å². The molecule has 8 heteroatoms. The van der Waals surface area contributed by atoms with E-state index in [1.54, 1.807) is 18.0 Å². The molecule has 24 heavy (non-hydrogen) atoms. The van der Waals surface area contributed by atoms with Gasteiger partial charge in [0, 0.05) is 25.2 Å². The zero-order chi connectivity index (χ0) is 18.0. The first kappa shape index (κ1) is 18.5. The number of nitrogens with zero attached hydrogens (tertiary/aromatic N) is 1. The number of carbonyl (C=O) groups is 1. The fourth-order valence-electron chi connectivity index (χ4n) is 2.37. The third-order valence-electron chi connectivity index (χ3n) is 3.64. The second-order valence-electron chi connectivity index (χ2n) is 6.03. The van der Waals surface area contributed by atoms with Gasteiger partial charge in [0.05, 0.1) is 16.6 Å². The maximum Gasteiger partial charge on any atom is 0.271 e. The minimum atomic E-state index is -1.31. The Balaban J connectivity index is 2.15. The molecule has 2 N–H and O–H groups in total. The van der Waals surface area contributed by atoms with Crippen LogP contribution in [-0.2, 0) is 15.8 Å². The number of anilines is 1. The molecular formula is C16H21F2N3O2S. The smallest absolute Gasteiger partial charge is 0.271 e. The molecule has 0 spiro atoms. The van der Waals surface area contributed by atoms with Crippen molar-refractivity contribution in [1.29, 1.82) is 0 Å². The van der Waals surface area contributed by atoms with E-state index in [2.05, 4.69) is 10.0 Å². The molecule has 0 fully saturated rings. The molecule has 1 heterocycles. The molecule has 2 rings (SSSR count). The highest BCUT2D eigenvalue weighted by Gasteiger charge is 2.29. The average molecular weight is 357 g/mol. The average Bonchev–Trinajstić information content (AvgIpc) is 2.89. The summed E-state index contributed by atoms with van der Waals surface area (Å²) in [4.78, 5) is 14.0. The van der Waals surface area contributed by atoms with E-state index in [-0.39, 0.29) is 22.5 Å². The van der Waals surface area contributed by atoms with Crippen molar-refractivity contribution in [2.45, 2.75) is 32.1 Å². The van der Waals surface area contributed by atoms with Crippen molar-refractivity contribution in [3.8, 4) is 0 Å². The van der Waals surface area contributed by atoms with Crippen LogP contribution in [0.4, 0.5) is 14.5 Å². The molecule has 0 saturated carbocycles. The summed E-state index contributed by atoms with van der Waals surface area (Å²) in [5, 5.41) is 2.11. The van der Waals surface area contributed by atoms with Crippen molar-refractivity contribution < 1.29 is 17.8 Å². The molecule has 1 aromatic rings. The SMILES string of the molecule is Cc1c(F)ccc(NC(=O)C2=CC(S(=O)NC(C)C)CN2C)c1F. The minimum Gasteiger partial charge on any atom is -0.369 e. The first-order chi connectivity index (χ1) is 11.2. The van der Waals surface area contributed by atoms with E-state index in [4.69, 9.17) is 0 Å². The Morgan fingerprint density at radius 2 is 2.04 bits per heavy atom. The first-order valence-corrected chi connectivity index (χ1v) is 8.77. The van der Waals surface area contributed by atoms with Crippen LogP contribution in [0.3, 0.4) is 0 Å². The van der Waals surface area contributed by atoms with Gasteiger partial charge in [-0.1, -0.05) is 0 Å². The topological polar surface area (TPSA) is 61.4 Å². The Bertz CT molecular complexity index is 707. The Morgan fingerprint density at radius 3 is 2.67 bits per heavy atom. The van der Waals surface area contributed by atoms with E-state index in [1.165, 1.54) is 13.0 Å². The Hall–Kier alpha value is -1.80. The van der Waals surface area contributed by atoms with Gasteiger partial charge in [-0.2, -0.15) is 0 Å². The third-order valence-corrected chi connectivity index (χ3v) is 5.18. The molecule has 2 atom stereocenters. The molecule has 2 unspecified atom stereocenters. The van der Waals surface area contributed by atoms with Crippen LogP contribution in [0.1, 0.15) is 19.4 Å². The minimum absolute atomic E-state index is 0.0544. The van der Waals surface area contributed by atoms with Gasteiger partial charge in [0.1, 0.15) is 16.8 Å². The quantitative estimate of drug-likeness (QED) is 0.848. The molecular weight excluding hydrogens is 336 g/mol. The zero-order valence-electron chi connectivity index (χ0n) is 14.0. The molecule has 0 aromatic heterocycles. The normalized spacial score (nSPS) is 18.7. The fraction of sp³-hybridized carbons (Fsp3) is 0.438. The van der Waals surface area contributed by atoms with Crippen LogP contribution in [0.15, 0.2) is 23.9 Å². The van der Waals surface area contributed by atoms with E-state index in [0.29, 0.717) is 12.2 Å². The van der Waals surface area contributed by atoms with Gasteiger partial charge in [0.2, 0.25) is 0 Å². The van der Waals surface area contributed by atoms with E-state index in [9.17, 15) is 17.8 Å². The van der Waals surface area contributed by atoms with Gasteiger partial charge < -0.3 is 10.2 Å². The summed E-state index contributed by atoms with van der Waals surface area (Å²) in [6, 6.07) is 2.34. The maximum atomic E-state index is 14.0. The van der Waals surface area contributed by atoms with E-state index < -0.39 is 28.5 Å².